The van der Waals surface area contributed by atoms with Gasteiger partial charge in [-0.3, -0.25) is 0 Å². The summed E-state index contributed by atoms with van der Waals surface area (Å²) in [5.41, 5.74) is -0.124. The molecule has 0 saturated heterocycles. The van der Waals surface area contributed by atoms with Gasteiger partial charge in [0.25, 0.3) is 0 Å². The molecular weight excluding hydrogens is 176 g/mol. The van der Waals surface area contributed by atoms with Crippen LogP contribution >= 0.6 is 0 Å². The third-order valence-electron chi connectivity index (χ3n) is 4.08. The Hall–Kier alpha value is -0.630. The van der Waals surface area contributed by atoms with E-state index in [9.17, 15) is 9.90 Å². The Bertz CT molecular complexity index is 271. The molecule has 1 N–H and O–H groups in total. The van der Waals surface area contributed by atoms with Crippen LogP contribution in [0.1, 0.15) is 44.9 Å². The van der Waals surface area contributed by atoms with Gasteiger partial charge in [0.2, 0.25) is 0 Å². The Morgan fingerprint density at radius 3 is 2.71 bits per heavy atom. The fraction of sp³-hybridized carbons (Fsp3) is 0.750. The molecule has 2 heteroatoms. The van der Waals surface area contributed by atoms with Crippen molar-refractivity contribution in [1.82, 2.24) is 0 Å². The lowest BCUT2D eigenvalue weighted by Gasteiger charge is -2.51. The maximum absolute atomic E-state index is 11.2. The Balaban J connectivity index is 2.32. The van der Waals surface area contributed by atoms with Crippen LogP contribution in [0, 0.1) is 5.41 Å². The van der Waals surface area contributed by atoms with E-state index in [1.807, 2.05) is 0 Å². The molecule has 2 fully saturated rings. The molecule has 2 unspecified atom stereocenters. The summed E-state index contributed by atoms with van der Waals surface area (Å²) in [6, 6.07) is 0. The lowest BCUT2D eigenvalue weighted by atomic mass is 9.56. The summed E-state index contributed by atoms with van der Waals surface area (Å²) in [6.07, 6.45) is 7.09. The van der Waals surface area contributed by atoms with Crippen LogP contribution in [0.5, 0.6) is 0 Å². The van der Waals surface area contributed by atoms with Crippen LogP contribution in [0.4, 0.5) is 0 Å². The molecule has 0 spiro atoms. The Labute approximate surface area is 85.0 Å². The first kappa shape index (κ1) is 9.91. The van der Waals surface area contributed by atoms with Crippen molar-refractivity contribution in [3.05, 3.63) is 12.2 Å². The average molecular weight is 194 g/mol. The Kier molecular flexibility index (Phi) is 2.26. The first-order chi connectivity index (χ1) is 6.62. The van der Waals surface area contributed by atoms with Crippen molar-refractivity contribution in [2.75, 3.05) is 0 Å². The topological polar surface area (TPSA) is 37.3 Å². The molecule has 0 amide bonds. The summed E-state index contributed by atoms with van der Waals surface area (Å²) < 4.78 is 0. The normalized spacial score (nSPS) is 43.1. The highest BCUT2D eigenvalue weighted by atomic mass is 16.3. The zero-order valence-electron chi connectivity index (χ0n) is 8.59. The zero-order chi connectivity index (χ0) is 10.2. The number of aliphatic hydroxyl groups is 1. The second kappa shape index (κ2) is 3.20. The molecular formula is C12H18O2. The van der Waals surface area contributed by atoms with Crippen molar-refractivity contribution in [2.45, 2.75) is 50.5 Å². The van der Waals surface area contributed by atoms with Crippen LogP contribution in [0.15, 0.2) is 12.2 Å². The van der Waals surface area contributed by atoms with Gasteiger partial charge in [0.15, 0.2) is 0 Å². The predicted molar refractivity (Wildman–Crippen MR) is 54.9 cm³/mol. The van der Waals surface area contributed by atoms with Gasteiger partial charge in [0, 0.05) is 0 Å². The van der Waals surface area contributed by atoms with Crippen LogP contribution in [-0.4, -0.2) is 17.0 Å². The number of hydrogen-bond donors (Lipinski definition) is 1. The Morgan fingerprint density at radius 1 is 1.29 bits per heavy atom. The van der Waals surface area contributed by atoms with E-state index in [0.29, 0.717) is 6.42 Å². The molecule has 14 heavy (non-hydrogen) atoms. The molecule has 2 aliphatic carbocycles. The summed E-state index contributed by atoms with van der Waals surface area (Å²) in [6.45, 7) is 3.94. The maximum atomic E-state index is 11.2. The monoisotopic (exact) mass is 194 g/mol. The van der Waals surface area contributed by atoms with E-state index >= 15 is 0 Å². The van der Waals surface area contributed by atoms with Crippen LogP contribution in [0.3, 0.4) is 0 Å². The fourth-order valence-electron chi connectivity index (χ4n) is 3.09. The Morgan fingerprint density at radius 2 is 2.00 bits per heavy atom. The third-order valence-corrected chi connectivity index (χ3v) is 4.08. The highest BCUT2D eigenvalue weighted by Gasteiger charge is 2.53. The fourth-order valence-corrected chi connectivity index (χ4v) is 3.09. The van der Waals surface area contributed by atoms with Crippen molar-refractivity contribution in [2.24, 2.45) is 5.41 Å². The van der Waals surface area contributed by atoms with Gasteiger partial charge < -0.3 is 9.90 Å². The molecule has 0 bridgehead atoms. The number of aldehydes is 1. The van der Waals surface area contributed by atoms with Gasteiger partial charge in [-0.2, -0.15) is 0 Å². The summed E-state index contributed by atoms with van der Waals surface area (Å²) in [7, 11) is 0. The van der Waals surface area contributed by atoms with E-state index in [-0.39, 0.29) is 0 Å². The molecule has 0 radical (unpaired) electrons. The molecule has 78 valence electrons. The van der Waals surface area contributed by atoms with Gasteiger partial charge in [-0.25, -0.2) is 0 Å². The first-order valence-electron chi connectivity index (χ1n) is 5.47. The van der Waals surface area contributed by atoms with Crippen molar-refractivity contribution in [3.63, 3.8) is 0 Å². The molecule has 0 aromatic rings. The van der Waals surface area contributed by atoms with E-state index in [1.165, 1.54) is 0 Å². The second-order valence-electron chi connectivity index (χ2n) is 4.94. The minimum atomic E-state index is -0.775. The van der Waals surface area contributed by atoms with Crippen molar-refractivity contribution < 1.29 is 9.90 Å². The van der Waals surface area contributed by atoms with E-state index < -0.39 is 11.0 Å². The van der Waals surface area contributed by atoms with Gasteiger partial charge in [0.05, 0.1) is 11.0 Å². The lowest BCUT2D eigenvalue weighted by Crippen LogP contribution is -2.54. The van der Waals surface area contributed by atoms with E-state index in [2.05, 4.69) is 6.58 Å². The average Bonchev–Trinajstić information content (AvgIpc) is 2.17. The molecule has 2 saturated carbocycles. The van der Waals surface area contributed by atoms with E-state index in [4.69, 9.17) is 0 Å². The quantitative estimate of drug-likeness (QED) is 0.513. The van der Waals surface area contributed by atoms with Crippen molar-refractivity contribution >= 4 is 6.29 Å². The van der Waals surface area contributed by atoms with E-state index in [1.54, 1.807) is 0 Å². The van der Waals surface area contributed by atoms with Crippen molar-refractivity contribution in [1.29, 1.82) is 0 Å². The van der Waals surface area contributed by atoms with Gasteiger partial charge >= 0.3 is 0 Å². The number of fused-ring (bicyclic) bond motifs is 1. The van der Waals surface area contributed by atoms with Crippen molar-refractivity contribution in [3.8, 4) is 0 Å². The van der Waals surface area contributed by atoms with Gasteiger partial charge in [-0.1, -0.05) is 25.0 Å². The number of hydrogen-bond acceptors (Lipinski definition) is 2. The molecule has 0 aromatic heterocycles. The second-order valence-corrected chi connectivity index (χ2v) is 4.94. The highest BCUT2D eigenvalue weighted by molar-refractivity contribution is 5.63. The maximum Gasteiger partial charge on any atom is 0.129 e. The molecule has 0 aliphatic heterocycles. The van der Waals surface area contributed by atoms with Gasteiger partial charge in [-0.05, 0) is 32.1 Å². The lowest BCUT2D eigenvalue weighted by molar-refractivity contribution is -0.151. The molecule has 0 heterocycles. The van der Waals surface area contributed by atoms with Gasteiger partial charge in [0.1, 0.15) is 6.29 Å². The smallest absolute Gasteiger partial charge is 0.129 e. The summed E-state index contributed by atoms with van der Waals surface area (Å²) >= 11 is 0. The van der Waals surface area contributed by atoms with E-state index in [0.717, 1.165) is 50.4 Å². The molecule has 0 aromatic carbocycles. The molecule has 2 rings (SSSR count). The van der Waals surface area contributed by atoms with Crippen LogP contribution < -0.4 is 0 Å². The largest absolute Gasteiger partial charge is 0.389 e. The number of rotatable bonds is 1. The van der Waals surface area contributed by atoms with Crippen LogP contribution in [0.25, 0.3) is 0 Å². The number of carbonyl (C=O) groups is 1. The standard InChI is InChI=1S/C12H18O2/c1-10-4-7-11(9-13)5-2-3-6-12(11,14)8-10/h9,14H,1-8H2. The SMILES string of the molecule is C=C1CCC2(C=O)CCCCC2(O)C1. The molecule has 2 atom stereocenters. The first-order valence-corrected chi connectivity index (χ1v) is 5.47. The summed E-state index contributed by atoms with van der Waals surface area (Å²) in [5.74, 6) is 0. The third kappa shape index (κ3) is 1.24. The summed E-state index contributed by atoms with van der Waals surface area (Å²) in [5, 5.41) is 10.5. The molecule has 2 aliphatic rings. The van der Waals surface area contributed by atoms with Crippen LogP contribution in [-0.2, 0) is 4.79 Å². The predicted octanol–water partition coefficient (Wildman–Crippen LogP) is 2.22. The van der Waals surface area contributed by atoms with Crippen LogP contribution in [0.2, 0.25) is 0 Å². The minimum absolute atomic E-state index is 0.452. The minimum Gasteiger partial charge on any atom is -0.389 e. The zero-order valence-corrected chi connectivity index (χ0v) is 8.59. The summed E-state index contributed by atoms with van der Waals surface area (Å²) in [4.78, 5) is 11.2. The highest BCUT2D eigenvalue weighted by Crippen LogP contribution is 2.52. The number of carbonyl (C=O) groups excluding carboxylic acids is 1. The molecule has 2 nitrogen and oxygen atoms in total. The van der Waals surface area contributed by atoms with Gasteiger partial charge in [-0.15, -0.1) is 0 Å².